The van der Waals surface area contributed by atoms with Gasteiger partial charge in [-0.3, -0.25) is 0 Å². The van der Waals surface area contributed by atoms with Gasteiger partial charge in [-0.05, 0) is 26.4 Å². The first-order valence-electron chi connectivity index (χ1n) is 6.09. The molecule has 0 radical (unpaired) electrons. The van der Waals surface area contributed by atoms with E-state index in [2.05, 4.69) is 21.9 Å². The van der Waals surface area contributed by atoms with E-state index in [1.54, 1.807) is 0 Å². The summed E-state index contributed by atoms with van der Waals surface area (Å²) in [5.74, 6) is -0.0483. The van der Waals surface area contributed by atoms with Crippen LogP contribution in [0.1, 0.15) is 12.8 Å². The fraction of sp³-hybridized carbons (Fsp3) is 0.667. The van der Waals surface area contributed by atoms with Gasteiger partial charge < -0.3 is 14.5 Å². The van der Waals surface area contributed by atoms with Crippen molar-refractivity contribution in [2.24, 2.45) is 0 Å². The van der Waals surface area contributed by atoms with Crippen molar-refractivity contribution in [3.8, 4) is 5.88 Å². The lowest BCUT2D eigenvalue weighted by Crippen LogP contribution is -2.37. The number of rotatable bonds is 4. The van der Waals surface area contributed by atoms with Gasteiger partial charge in [0.15, 0.2) is 0 Å². The van der Waals surface area contributed by atoms with E-state index in [1.807, 2.05) is 11.9 Å². The molecule has 1 fully saturated rings. The molecule has 0 unspecified atom stereocenters. The second-order valence-electron chi connectivity index (χ2n) is 4.68. The molecule has 1 aliphatic heterocycles. The summed E-state index contributed by atoms with van der Waals surface area (Å²) in [5.41, 5.74) is 0. The van der Waals surface area contributed by atoms with Crippen molar-refractivity contribution in [3.05, 3.63) is 12.0 Å². The molecule has 0 N–H and O–H groups in total. The molecule has 0 aliphatic carbocycles. The number of anilines is 1. The Balaban J connectivity index is 2.06. The molecule has 0 saturated carbocycles. The highest BCUT2D eigenvalue weighted by molar-refractivity contribution is 5.31. The number of hydrogen-bond donors (Lipinski definition) is 0. The molecule has 0 spiro atoms. The number of nitrogens with zero attached hydrogens (tertiary/aromatic N) is 4. The molecule has 5 nitrogen and oxygen atoms in total. The molecule has 1 aromatic rings. The maximum Gasteiger partial charge on any atom is 0.255 e. The van der Waals surface area contributed by atoms with E-state index in [1.165, 1.54) is 20.0 Å². The van der Waals surface area contributed by atoms with E-state index in [4.69, 9.17) is 4.74 Å². The number of likely N-dealkylation sites (tertiary alicyclic amines) is 1. The quantitative estimate of drug-likeness (QED) is 0.806. The van der Waals surface area contributed by atoms with Crippen molar-refractivity contribution in [1.29, 1.82) is 0 Å². The number of halogens is 1. The van der Waals surface area contributed by atoms with Crippen LogP contribution in [0.25, 0.3) is 0 Å². The zero-order valence-electron chi connectivity index (χ0n) is 11.1. The monoisotopic (exact) mass is 254 g/mol. The second-order valence-corrected chi connectivity index (χ2v) is 4.68. The molecule has 18 heavy (non-hydrogen) atoms. The third kappa shape index (κ3) is 2.69. The molecule has 1 aliphatic rings. The molecule has 0 amide bonds. The van der Waals surface area contributed by atoms with Gasteiger partial charge in [0.2, 0.25) is 11.8 Å². The minimum absolute atomic E-state index is 0.00775. The van der Waals surface area contributed by atoms with Gasteiger partial charge in [-0.2, -0.15) is 9.37 Å². The van der Waals surface area contributed by atoms with Crippen molar-refractivity contribution in [1.82, 2.24) is 14.9 Å². The zero-order valence-corrected chi connectivity index (χ0v) is 11.1. The molecular weight excluding hydrogens is 235 g/mol. The van der Waals surface area contributed by atoms with E-state index in [9.17, 15) is 4.39 Å². The SMILES string of the molecule is COc1nc(N(C)C[C@H]2CCCN2C)ncc1F. The molecule has 6 heteroatoms. The number of ether oxygens (including phenoxy) is 1. The van der Waals surface area contributed by atoms with E-state index in [0.29, 0.717) is 12.0 Å². The summed E-state index contributed by atoms with van der Waals surface area (Å²) in [4.78, 5) is 12.3. The Kier molecular flexibility index (Phi) is 3.96. The first kappa shape index (κ1) is 13.0. The highest BCUT2D eigenvalue weighted by atomic mass is 19.1. The van der Waals surface area contributed by atoms with E-state index < -0.39 is 5.82 Å². The Bertz CT molecular complexity index is 415. The second kappa shape index (κ2) is 5.48. The van der Waals surface area contributed by atoms with Crippen LogP contribution in [0.5, 0.6) is 5.88 Å². The van der Waals surface area contributed by atoms with Crippen molar-refractivity contribution in [2.75, 3.05) is 39.2 Å². The Morgan fingerprint density at radius 3 is 3.00 bits per heavy atom. The lowest BCUT2D eigenvalue weighted by Gasteiger charge is -2.25. The Labute approximate surface area is 107 Å². The molecule has 2 rings (SSSR count). The fourth-order valence-electron chi connectivity index (χ4n) is 2.28. The van der Waals surface area contributed by atoms with Gasteiger partial charge in [0.25, 0.3) is 5.88 Å². The third-order valence-corrected chi connectivity index (χ3v) is 3.39. The fourth-order valence-corrected chi connectivity index (χ4v) is 2.28. The van der Waals surface area contributed by atoms with Gasteiger partial charge in [0.1, 0.15) is 0 Å². The van der Waals surface area contributed by atoms with E-state index in [0.717, 1.165) is 19.3 Å². The largest absolute Gasteiger partial charge is 0.479 e. The number of aromatic nitrogens is 2. The Morgan fingerprint density at radius 1 is 1.61 bits per heavy atom. The zero-order chi connectivity index (χ0) is 13.1. The summed E-state index contributed by atoms with van der Waals surface area (Å²) < 4.78 is 18.1. The maximum atomic E-state index is 13.2. The predicted molar refractivity (Wildman–Crippen MR) is 67.5 cm³/mol. The van der Waals surface area contributed by atoms with Gasteiger partial charge in [0, 0.05) is 19.6 Å². The van der Waals surface area contributed by atoms with Gasteiger partial charge in [-0.25, -0.2) is 4.98 Å². The van der Waals surface area contributed by atoms with Crippen LogP contribution in [0.2, 0.25) is 0 Å². The molecule has 100 valence electrons. The maximum absolute atomic E-state index is 13.2. The minimum Gasteiger partial charge on any atom is -0.479 e. The number of hydrogen-bond acceptors (Lipinski definition) is 5. The summed E-state index contributed by atoms with van der Waals surface area (Å²) in [6.07, 6.45) is 3.55. The van der Waals surface area contributed by atoms with E-state index >= 15 is 0 Å². The molecular formula is C12H19FN4O. The summed E-state index contributed by atoms with van der Waals surface area (Å²) in [6.45, 7) is 1.97. The lowest BCUT2D eigenvalue weighted by atomic mass is 10.2. The van der Waals surface area contributed by atoms with Crippen LogP contribution >= 0.6 is 0 Å². The first-order valence-corrected chi connectivity index (χ1v) is 6.09. The molecule has 0 aromatic carbocycles. The molecule has 0 bridgehead atoms. The smallest absolute Gasteiger partial charge is 0.255 e. The summed E-state index contributed by atoms with van der Waals surface area (Å²) in [6, 6.07) is 0.509. The minimum atomic E-state index is -0.535. The van der Waals surface area contributed by atoms with Crippen LogP contribution in [0.4, 0.5) is 10.3 Å². The van der Waals surface area contributed by atoms with Crippen molar-refractivity contribution < 1.29 is 9.13 Å². The molecule has 1 atom stereocenters. The lowest BCUT2D eigenvalue weighted by molar-refractivity contribution is 0.313. The van der Waals surface area contributed by atoms with Crippen molar-refractivity contribution in [2.45, 2.75) is 18.9 Å². The van der Waals surface area contributed by atoms with Gasteiger partial charge in [-0.15, -0.1) is 0 Å². The van der Waals surface area contributed by atoms with Crippen LogP contribution in [0.15, 0.2) is 6.20 Å². The van der Waals surface area contributed by atoms with Crippen molar-refractivity contribution in [3.63, 3.8) is 0 Å². The summed E-state index contributed by atoms with van der Waals surface area (Å²) in [7, 11) is 5.44. The molecule has 1 saturated heterocycles. The average Bonchev–Trinajstić information content (AvgIpc) is 2.75. The summed E-state index contributed by atoms with van der Waals surface area (Å²) in [5, 5.41) is 0. The van der Waals surface area contributed by atoms with Crippen LogP contribution in [-0.4, -0.2) is 55.2 Å². The van der Waals surface area contributed by atoms with Crippen LogP contribution in [0.3, 0.4) is 0 Å². The van der Waals surface area contributed by atoms with Crippen LogP contribution in [0, 0.1) is 5.82 Å². The highest BCUT2D eigenvalue weighted by Gasteiger charge is 2.23. The highest BCUT2D eigenvalue weighted by Crippen LogP contribution is 2.19. The van der Waals surface area contributed by atoms with Gasteiger partial charge in [0.05, 0.1) is 13.3 Å². The number of likely N-dealkylation sites (N-methyl/N-ethyl adjacent to an activating group) is 2. The summed E-state index contributed by atoms with van der Waals surface area (Å²) >= 11 is 0. The normalized spacial score (nSPS) is 20.1. The topological polar surface area (TPSA) is 41.5 Å². The Morgan fingerprint density at radius 2 is 2.39 bits per heavy atom. The first-order chi connectivity index (χ1) is 8.61. The standard InChI is InChI=1S/C12H19FN4O/c1-16-6-4-5-9(16)8-17(2)12-14-7-10(13)11(15-12)18-3/h7,9H,4-6,8H2,1-3H3/t9-/m1/s1. The van der Waals surface area contributed by atoms with Crippen molar-refractivity contribution >= 4 is 5.95 Å². The van der Waals surface area contributed by atoms with E-state index in [-0.39, 0.29) is 5.88 Å². The third-order valence-electron chi connectivity index (χ3n) is 3.39. The molecule has 2 heterocycles. The molecule has 1 aromatic heterocycles. The average molecular weight is 254 g/mol. The Hall–Kier alpha value is -1.43. The van der Waals surface area contributed by atoms with Crippen LogP contribution < -0.4 is 9.64 Å². The van der Waals surface area contributed by atoms with Gasteiger partial charge in [-0.1, -0.05) is 0 Å². The number of methoxy groups -OCH3 is 1. The van der Waals surface area contributed by atoms with Crippen LogP contribution in [-0.2, 0) is 0 Å². The predicted octanol–water partition coefficient (Wildman–Crippen LogP) is 1.15. The van der Waals surface area contributed by atoms with Gasteiger partial charge >= 0.3 is 0 Å².